The van der Waals surface area contributed by atoms with E-state index in [2.05, 4.69) is 39.2 Å². The van der Waals surface area contributed by atoms with E-state index < -0.39 is 38.1 Å². The monoisotopic (exact) mass is 644 g/mol. The topological polar surface area (TPSA) is 94.2 Å². The predicted octanol–water partition coefficient (Wildman–Crippen LogP) is 8.09. The molecule has 9 heteroatoms. The minimum Gasteiger partial charge on any atom is -0.544 e. The fourth-order valence-corrected chi connectivity index (χ4v) is 5.94. The average Bonchev–Trinajstić information content (AvgIpc) is 3.18. The first-order chi connectivity index (χ1) is 21.5. The fraction of sp³-hybridized carbons (Fsp3) is 0.432. The molecule has 0 unspecified atom stereocenters. The number of carbonyl (C=O) groups is 3. The van der Waals surface area contributed by atoms with E-state index in [1.54, 1.807) is 29.2 Å². The Bertz CT molecular complexity index is 1490. The number of ether oxygens (including phenoxy) is 2. The molecule has 246 valence electrons. The van der Waals surface area contributed by atoms with Crippen molar-refractivity contribution in [3.05, 3.63) is 90.0 Å². The summed E-state index contributed by atoms with van der Waals surface area (Å²) in [6.07, 6.45) is -0.0749. The molecule has 0 aromatic heterocycles. The van der Waals surface area contributed by atoms with Crippen molar-refractivity contribution in [2.45, 2.75) is 90.3 Å². The molecule has 0 radical (unpaired) electrons. The molecule has 8 nitrogen and oxygen atoms in total. The first kappa shape index (κ1) is 34.8. The Morgan fingerprint density at radius 1 is 0.804 bits per heavy atom. The summed E-state index contributed by atoms with van der Waals surface area (Å²) in [5, 5.41) is 3.10. The van der Waals surface area contributed by atoms with E-state index in [0.29, 0.717) is 30.5 Å². The largest absolute Gasteiger partial charge is 0.544 e. The lowest BCUT2D eigenvalue weighted by molar-refractivity contribution is 0.0127. The molecule has 0 aliphatic carbocycles. The molecule has 46 heavy (non-hydrogen) atoms. The SMILES string of the molecule is CC(C)(C)OC(=O)N1CCC[C@@H](OC(=O)c2ccc(-c3ccccc3)cc2)[C@H](NC(=O)c2ccc(O[Si](C)(C)C(C)(C)C)cc2)C1. The van der Waals surface area contributed by atoms with Gasteiger partial charge in [-0.15, -0.1) is 0 Å². The molecule has 1 aliphatic rings. The molecule has 4 rings (SSSR count). The third-order valence-electron chi connectivity index (χ3n) is 8.53. The van der Waals surface area contributed by atoms with Crippen LogP contribution < -0.4 is 9.74 Å². The van der Waals surface area contributed by atoms with Crippen LogP contribution in [0.1, 0.15) is 75.1 Å². The quantitative estimate of drug-likeness (QED) is 0.206. The number of likely N-dealkylation sites (tertiary alicyclic amines) is 1. The first-order valence-corrected chi connectivity index (χ1v) is 18.9. The van der Waals surface area contributed by atoms with Gasteiger partial charge in [0.2, 0.25) is 8.32 Å². The Labute approximate surface area is 274 Å². The van der Waals surface area contributed by atoms with Crippen LogP contribution in [0.3, 0.4) is 0 Å². The van der Waals surface area contributed by atoms with E-state index in [-0.39, 0.29) is 17.5 Å². The molecule has 1 saturated heterocycles. The van der Waals surface area contributed by atoms with Gasteiger partial charge in [-0.1, -0.05) is 63.2 Å². The van der Waals surface area contributed by atoms with E-state index in [4.69, 9.17) is 13.9 Å². The highest BCUT2D eigenvalue weighted by molar-refractivity contribution is 6.74. The molecule has 2 amide bonds. The molecule has 0 spiro atoms. The van der Waals surface area contributed by atoms with E-state index in [1.807, 2.05) is 75.4 Å². The average molecular weight is 645 g/mol. The number of amides is 2. The first-order valence-electron chi connectivity index (χ1n) is 16.0. The van der Waals surface area contributed by atoms with Crippen molar-refractivity contribution in [1.29, 1.82) is 0 Å². The van der Waals surface area contributed by atoms with Crippen molar-refractivity contribution >= 4 is 26.3 Å². The van der Waals surface area contributed by atoms with Crippen molar-refractivity contribution in [3.8, 4) is 16.9 Å². The van der Waals surface area contributed by atoms with E-state index in [0.717, 1.165) is 16.9 Å². The Kier molecular flexibility index (Phi) is 10.7. The molecule has 1 heterocycles. The predicted molar refractivity (Wildman–Crippen MR) is 184 cm³/mol. The standard InChI is InChI=1S/C37H48N2O6Si/c1-36(2,3)44-35(42)39-24-12-15-32(43-34(41)29-18-16-27(17-19-29)26-13-10-9-11-14-26)31(25-39)38-33(40)28-20-22-30(23-21-28)45-46(7,8)37(4,5)6/h9-11,13-14,16-23,31-32H,12,15,24-25H2,1-8H3,(H,38,40)/t31-,32-/m1/s1. The number of nitrogens with zero attached hydrogens (tertiary/aromatic N) is 1. The van der Waals surface area contributed by atoms with Crippen molar-refractivity contribution in [2.24, 2.45) is 0 Å². The molecule has 1 aliphatic heterocycles. The normalized spacial score (nSPS) is 17.4. The molecule has 1 N–H and O–H groups in total. The zero-order valence-corrected chi connectivity index (χ0v) is 29.4. The maximum atomic E-state index is 13.5. The van der Waals surface area contributed by atoms with Crippen LogP contribution in [-0.4, -0.2) is 62.0 Å². The third-order valence-corrected chi connectivity index (χ3v) is 12.9. The number of benzene rings is 3. The molecule has 3 aromatic carbocycles. The highest BCUT2D eigenvalue weighted by Gasteiger charge is 2.39. The summed E-state index contributed by atoms with van der Waals surface area (Å²) in [7, 11) is -2.04. The number of hydrogen-bond donors (Lipinski definition) is 1. The number of rotatable bonds is 7. The van der Waals surface area contributed by atoms with Crippen LogP contribution in [0.2, 0.25) is 18.1 Å². The van der Waals surface area contributed by atoms with Crippen LogP contribution in [0.4, 0.5) is 4.79 Å². The van der Waals surface area contributed by atoms with Crippen LogP contribution in [-0.2, 0) is 9.47 Å². The second-order valence-electron chi connectivity index (χ2n) is 14.4. The van der Waals surface area contributed by atoms with Crippen LogP contribution >= 0.6 is 0 Å². The third kappa shape index (κ3) is 9.22. The lowest BCUT2D eigenvalue weighted by atomic mass is 10.0. The van der Waals surface area contributed by atoms with Gasteiger partial charge >= 0.3 is 12.1 Å². The van der Waals surface area contributed by atoms with Gasteiger partial charge < -0.3 is 24.1 Å². The van der Waals surface area contributed by atoms with Gasteiger partial charge in [0.25, 0.3) is 5.91 Å². The number of carbonyl (C=O) groups excluding carboxylic acids is 3. The minimum absolute atomic E-state index is 0.0406. The minimum atomic E-state index is -2.04. The Hall–Kier alpha value is -4.11. The molecule has 3 aromatic rings. The van der Waals surface area contributed by atoms with E-state index >= 15 is 0 Å². The molecule has 1 fully saturated rings. The highest BCUT2D eigenvalue weighted by Crippen LogP contribution is 2.37. The molecular formula is C37H48N2O6Si. The Morgan fingerprint density at radius 2 is 1.39 bits per heavy atom. The lowest BCUT2D eigenvalue weighted by Crippen LogP contribution is -2.51. The highest BCUT2D eigenvalue weighted by atomic mass is 28.4. The van der Waals surface area contributed by atoms with Crippen molar-refractivity contribution in [3.63, 3.8) is 0 Å². The zero-order chi connectivity index (χ0) is 33.7. The summed E-state index contributed by atoms with van der Waals surface area (Å²) in [6, 6.07) is 23.6. The Morgan fingerprint density at radius 3 is 1.98 bits per heavy atom. The van der Waals surface area contributed by atoms with Gasteiger partial charge in [-0.2, -0.15) is 0 Å². The van der Waals surface area contributed by atoms with Gasteiger partial charge in [0.1, 0.15) is 17.5 Å². The number of hydrogen-bond acceptors (Lipinski definition) is 6. The second-order valence-corrected chi connectivity index (χ2v) is 19.1. The molecule has 0 saturated carbocycles. The molecule has 2 atom stereocenters. The van der Waals surface area contributed by atoms with Crippen LogP contribution in [0.25, 0.3) is 11.1 Å². The van der Waals surface area contributed by atoms with Crippen LogP contribution in [0.5, 0.6) is 5.75 Å². The molecule has 0 bridgehead atoms. The Balaban J connectivity index is 1.51. The maximum absolute atomic E-state index is 13.5. The fourth-order valence-electron chi connectivity index (χ4n) is 4.91. The van der Waals surface area contributed by atoms with Gasteiger partial charge in [0, 0.05) is 18.7 Å². The maximum Gasteiger partial charge on any atom is 0.410 e. The zero-order valence-electron chi connectivity index (χ0n) is 28.4. The van der Waals surface area contributed by atoms with Crippen molar-refractivity contribution < 1.29 is 28.3 Å². The summed E-state index contributed by atoms with van der Waals surface area (Å²) in [5.74, 6) is -0.0938. The summed E-state index contributed by atoms with van der Waals surface area (Å²) in [5.41, 5.74) is 2.22. The van der Waals surface area contributed by atoms with Crippen LogP contribution in [0, 0.1) is 0 Å². The van der Waals surface area contributed by atoms with Gasteiger partial charge in [0.15, 0.2) is 0 Å². The van der Waals surface area contributed by atoms with Gasteiger partial charge in [-0.3, -0.25) is 4.79 Å². The summed E-state index contributed by atoms with van der Waals surface area (Å²) in [4.78, 5) is 41.5. The number of nitrogens with one attached hydrogen (secondary N) is 1. The van der Waals surface area contributed by atoms with Gasteiger partial charge in [-0.25, -0.2) is 9.59 Å². The van der Waals surface area contributed by atoms with E-state index in [9.17, 15) is 14.4 Å². The summed E-state index contributed by atoms with van der Waals surface area (Å²) >= 11 is 0. The van der Waals surface area contributed by atoms with E-state index in [1.165, 1.54) is 0 Å². The van der Waals surface area contributed by atoms with Crippen molar-refractivity contribution in [2.75, 3.05) is 13.1 Å². The van der Waals surface area contributed by atoms with Gasteiger partial charge in [0.05, 0.1) is 11.6 Å². The number of esters is 1. The summed E-state index contributed by atoms with van der Waals surface area (Å²) < 4.78 is 18.1. The van der Waals surface area contributed by atoms with Crippen molar-refractivity contribution in [1.82, 2.24) is 10.2 Å². The second kappa shape index (κ2) is 14.1. The lowest BCUT2D eigenvalue weighted by Gasteiger charge is -2.36. The summed E-state index contributed by atoms with van der Waals surface area (Å²) in [6.45, 7) is 16.9. The smallest absolute Gasteiger partial charge is 0.410 e. The van der Waals surface area contributed by atoms with Gasteiger partial charge in [-0.05, 0) is 99.3 Å². The van der Waals surface area contributed by atoms with Crippen LogP contribution in [0.15, 0.2) is 78.9 Å². The molecular weight excluding hydrogens is 597 g/mol.